The van der Waals surface area contributed by atoms with Crippen molar-refractivity contribution in [1.82, 2.24) is 10.2 Å². The minimum atomic E-state index is 0.148. The third-order valence-electron chi connectivity index (χ3n) is 7.33. The highest BCUT2D eigenvalue weighted by atomic mass is 16.5. The normalized spacial score (nSPS) is 17.5. The zero-order chi connectivity index (χ0) is 26.2. The molecular formula is C32H40N2O3. The highest BCUT2D eigenvalue weighted by Crippen LogP contribution is 2.29. The number of nitrogens with zero attached hydrogens (tertiary/aromatic N) is 1. The second-order valence-corrected chi connectivity index (χ2v) is 10.1. The van der Waals surface area contributed by atoms with Gasteiger partial charge in [-0.1, -0.05) is 53.6 Å². The lowest BCUT2D eigenvalue weighted by Gasteiger charge is -2.40. The Kier molecular flexibility index (Phi) is 9.24. The van der Waals surface area contributed by atoms with Crippen molar-refractivity contribution in [3.8, 4) is 11.5 Å². The van der Waals surface area contributed by atoms with E-state index in [9.17, 15) is 4.79 Å². The molecule has 3 aromatic rings. The van der Waals surface area contributed by atoms with Gasteiger partial charge in [0.05, 0.1) is 14.2 Å². The van der Waals surface area contributed by atoms with Crippen molar-refractivity contribution in [2.24, 2.45) is 0 Å². The number of likely N-dealkylation sites (tertiary alicyclic amines) is 1. The zero-order valence-corrected chi connectivity index (χ0v) is 22.6. The molecule has 0 unspecified atom stereocenters. The highest BCUT2D eigenvalue weighted by Gasteiger charge is 2.32. The third kappa shape index (κ3) is 6.92. The number of ether oxygens (including phenoxy) is 2. The van der Waals surface area contributed by atoms with Crippen LogP contribution in [0.5, 0.6) is 11.5 Å². The zero-order valence-electron chi connectivity index (χ0n) is 22.6. The molecule has 37 heavy (non-hydrogen) atoms. The lowest BCUT2D eigenvalue weighted by Crippen LogP contribution is -2.52. The van der Waals surface area contributed by atoms with E-state index in [2.05, 4.69) is 54.4 Å². The van der Waals surface area contributed by atoms with Crippen molar-refractivity contribution in [3.63, 3.8) is 0 Å². The van der Waals surface area contributed by atoms with Crippen LogP contribution in [0.1, 0.15) is 51.9 Å². The Bertz CT molecular complexity index is 1140. The lowest BCUT2D eigenvalue weighted by molar-refractivity contribution is 0.0577. The van der Waals surface area contributed by atoms with E-state index in [0.29, 0.717) is 6.04 Å². The molecule has 0 spiro atoms. The number of amides is 1. The fourth-order valence-corrected chi connectivity index (χ4v) is 5.59. The quantitative estimate of drug-likeness (QED) is 0.360. The molecule has 1 aliphatic rings. The van der Waals surface area contributed by atoms with E-state index in [1.807, 2.05) is 36.4 Å². The molecule has 1 fully saturated rings. The molecule has 1 saturated heterocycles. The minimum absolute atomic E-state index is 0.148. The van der Waals surface area contributed by atoms with Crippen molar-refractivity contribution in [1.29, 1.82) is 0 Å². The monoisotopic (exact) mass is 500 g/mol. The van der Waals surface area contributed by atoms with Gasteiger partial charge in [0.2, 0.25) is 0 Å². The smallest absolute Gasteiger partial charge is 0.254 e. The van der Waals surface area contributed by atoms with Gasteiger partial charge in [-0.25, -0.2) is 0 Å². The van der Waals surface area contributed by atoms with Crippen LogP contribution in [0.15, 0.2) is 66.7 Å². The van der Waals surface area contributed by atoms with Gasteiger partial charge in [0.1, 0.15) is 11.5 Å². The van der Waals surface area contributed by atoms with Gasteiger partial charge in [0.15, 0.2) is 0 Å². The molecule has 3 aromatic carbocycles. The van der Waals surface area contributed by atoms with Crippen LogP contribution in [-0.4, -0.2) is 50.2 Å². The summed E-state index contributed by atoms with van der Waals surface area (Å²) in [5.41, 5.74) is 5.45. The molecule has 5 heteroatoms. The predicted molar refractivity (Wildman–Crippen MR) is 150 cm³/mol. The first-order chi connectivity index (χ1) is 18.0. The van der Waals surface area contributed by atoms with Gasteiger partial charge in [0.25, 0.3) is 5.91 Å². The third-order valence-corrected chi connectivity index (χ3v) is 7.33. The Hall–Kier alpha value is -3.31. The summed E-state index contributed by atoms with van der Waals surface area (Å²) in [5, 5.41) is 3.78. The number of methoxy groups -OCH3 is 2. The lowest BCUT2D eigenvalue weighted by atomic mass is 9.91. The molecule has 1 aliphatic heterocycles. The van der Waals surface area contributed by atoms with E-state index in [1.54, 1.807) is 14.2 Å². The summed E-state index contributed by atoms with van der Waals surface area (Å²) in [6.07, 6.45) is 4.65. The molecule has 4 rings (SSSR count). The molecule has 5 nitrogen and oxygen atoms in total. The summed E-state index contributed by atoms with van der Waals surface area (Å²) in [7, 11) is 3.41. The second-order valence-electron chi connectivity index (χ2n) is 10.1. The maximum atomic E-state index is 13.6. The Labute approximate surface area is 221 Å². The van der Waals surface area contributed by atoms with E-state index in [0.717, 1.165) is 78.9 Å². The van der Waals surface area contributed by atoms with Crippen LogP contribution in [0.2, 0.25) is 0 Å². The number of rotatable bonds is 10. The molecule has 0 saturated carbocycles. The Morgan fingerprint density at radius 2 is 1.62 bits per heavy atom. The molecule has 2 atom stereocenters. The standard InChI is InChI=1S/C32H40N2O3/c1-23-18-24(2)20-26(19-23)32(35)34-17-15-27(22-28(34)21-25-10-6-5-7-11-25)33-16-9-12-29-30(36-3)13-8-14-31(29)37-4/h5-8,10-11,13-14,18-20,27-28,33H,9,12,15-17,21-22H2,1-4H3/t27-,28+/m0/s1. The van der Waals surface area contributed by atoms with Gasteiger partial charge in [-0.3, -0.25) is 4.79 Å². The first kappa shape index (κ1) is 26.7. The predicted octanol–water partition coefficient (Wildman–Crippen LogP) is 5.76. The fraction of sp³-hybridized carbons (Fsp3) is 0.406. The Morgan fingerprint density at radius 3 is 2.27 bits per heavy atom. The van der Waals surface area contributed by atoms with Gasteiger partial charge >= 0.3 is 0 Å². The number of piperidine rings is 1. The largest absolute Gasteiger partial charge is 0.496 e. The summed E-state index contributed by atoms with van der Waals surface area (Å²) in [5.74, 6) is 1.90. The average Bonchev–Trinajstić information content (AvgIpc) is 2.90. The molecule has 1 heterocycles. The van der Waals surface area contributed by atoms with Crippen LogP contribution >= 0.6 is 0 Å². The SMILES string of the molecule is COc1cccc(OC)c1CCCN[C@H]1CCN(C(=O)c2cc(C)cc(C)c2)[C@H](Cc2ccccc2)C1. The second kappa shape index (κ2) is 12.8. The van der Waals surface area contributed by atoms with Crippen molar-refractivity contribution < 1.29 is 14.3 Å². The number of aryl methyl sites for hydroxylation is 2. The number of hydrogen-bond acceptors (Lipinski definition) is 4. The maximum Gasteiger partial charge on any atom is 0.254 e. The van der Waals surface area contributed by atoms with Gasteiger partial charge in [0, 0.05) is 29.8 Å². The van der Waals surface area contributed by atoms with Gasteiger partial charge in [-0.2, -0.15) is 0 Å². The fourth-order valence-electron chi connectivity index (χ4n) is 5.59. The average molecular weight is 501 g/mol. The van der Waals surface area contributed by atoms with Crippen molar-refractivity contribution >= 4 is 5.91 Å². The molecular weight excluding hydrogens is 460 g/mol. The number of carbonyl (C=O) groups is 1. The first-order valence-corrected chi connectivity index (χ1v) is 13.3. The van der Waals surface area contributed by atoms with E-state index in [-0.39, 0.29) is 11.9 Å². The molecule has 0 bridgehead atoms. The molecule has 0 radical (unpaired) electrons. The van der Waals surface area contributed by atoms with Gasteiger partial charge in [-0.15, -0.1) is 0 Å². The van der Waals surface area contributed by atoms with Crippen LogP contribution in [0.25, 0.3) is 0 Å². The molecule has 0 aromatic heterocycles. The summed E-state index contributed by atoms with van der Waals surface area (Å²) in [6, 6.07) is 23.2. The minimum Gasteiger partial charge on any atom is -0.496 e. The van der Waals surface area contributed by atoms with Crippen LogP contribution in [0.3, 0.4) is 0 Å². The van der Waals surface area contributed by atoms with Gasteiger partial charge < -0.3 is 19.7 Å². The number of benzene rings is 3. The van der Waals surface area contributed by atoms with E-state index >= 15 is 0 Å². The molecule has 0 aliphatic carbocycles. The van der Waals surface area contributed by atoms with Crippen LogP contribution in [0.4, 0.5) is 0 Å². The van der Waals surface area contributed by atoms with Crippen molar-refractivity contribution in [3.05, 3.63) is 94.5 Å². The topological polar surface area (TPSA) is 50.8 Å². The summed E-state index contributed by atoms with van der Waals surface area (Å²) < 4.78 is 11.1. The van der Waals surface area contributed by atoms with E-state index in [1.165, 1.54) is 5.56 Å². The number of carbonyl (C=O) groups excluding carboxylic acids is 1. The number of hydrogen-bond donors (Lipinski definition) is 1. The molecule has 196 valence electrons. The van der Waals surface area contributed by atoms with Crippen LogP contribution in [0, 0.1) is 13.8 Å². The van der Waals surface area contributed by atoms with Crippen molar-refractivity contribution in [2.75, 3.05) is 27.3 Å². The first-order valence-electron chi connectivity index (χ1n) is 13.3. The van der Waals surface area contributed by atoms with E-state index < -0.39 is 0 Å². The Morgan fingerprint density at radius 1 is 0.946 bits per heavy atom. The summed E-state index contributed by atoms with van der Waals surface area (Å²) >= 11 is 0. The number of nitrogens with one attached hydrogen (secondary N) is 1. The van der Waals surface area contributed by atoms with Crippen LogP contribution < -0.4 is 14.8 Å². The maximum absolute atomic E-state index is 13.6. The Balaban J connectivity index is 1.41. The van der Waals surface area contributed by atoms with Crippen LogP contribution in [-0.2, 0) is 12.8 Å². The molecule has 1 N–H and O–H groups in total. The summed E-state index contributed by atoms with van der Waals surface area (Å²) in [6.45, 7) is 5.79. The van der Waals surface area contributed by atoms with Crippen molar-refractivity contribution in [2.45, 2.75) is 58.0 Å². The summed E-state index contributed by atoms with van der Waals surface area (Å²) in [4.78, 5) is 15.7. The highest BCUT2D eigenvalue weighted by molar-refractivity contribution is 5.95. The van der Waals surface area contributed by atoms with E-state index in [4.69, 9.17) is 9.47 Å². The molecule has 1 amide bonds. The van der Waals surface area contributed by atoms with Gasteiger partial charge in [-0.05, 0) is 82.3 Å².